The molecule has 1 saturated carbocycles. The molecule has 4 heterocycles. The van der Waals surface area contributed by atoms with Crippen molar-refractivity contribution in [1.29, 1.82) is 0 Å². The van der Waals surface area contributed by atoms with Crippen LogP contribution in [0.5, 0.6) is 0 Å². The summed E-state index contributed by atoms with van der Waals surface area (Å²) in [5.74, 6) is -1.83. The Balaban J connectivity index is 1.49. The molecule has 2 saturated heterocycles. The van der Waals surface area contributed by atoms with E-state index in [2.05, 4.69) is 10.6 Å². The van der Waals surface area contributed by atoms with E-state index in [1.807, 2.05) is 29.7 Å². The van der Waals surface area contributed by atoms with Gasteiger partial charge in [0, 0.05) is 18.0 Å². The van der Waals surface area contributed by atoms with Gasteiger partial charge in [-0.1, -0.05) is 37.5 Å². The minimum absolute atomic E-state index is 0.137. The summed E-state index contributed by atoms with van der Waals surface area (Å²) >= 11 is 1.55. The van der Waals surface area contributed by atoms with Crippen molar-refractivity contribution in [2.75, 3.05) is 7.05 Å². The molecule has 1 aromatic heterocycles. The van der Waals surface area contributed by atoms with Gasteiger partial charge in [-0.2, -0.15) is 0 Å². The Morgan fingerprint density at radius 1 is 1.27 bits per heavy atom. The highest BCUT2D eigenvalue weighted by Gasteiger charge is 2.72. The lowest BCUT2D eigenvalue weighted by Crippen LogP contribution is -2.56. The summed E-state index contributed by atoms with van der Waals surface area (Å²) in [5.41, 5.74) is -1.07. The number of likely N-dealkylation sites (tertiary alicyclic amines) is 1. The summed E-state index contributed by atoms with van der Waals surface area (Å²) in [6.45, 7) is 0.347. The summed E-state index contributed by atoms with van der Waals surface area (Å²) in [7, 11) is 1.57. The summed E-state index contributed by atoms with van der Waals surface area (Å²) < 4.78 is 6.27. The highest BCUT2D eigenvalue weighted by molar-refractivity contribution is 7.09. The molecular weight excluding hydrogens is 402 g/mol. The molecule has 0 aromatic carbocycles. The molecule has 7 nitrogen and oxygen atoms in total. The molecule has 0 radical (unpaired) electrons. The van der Waals surface area contributed by atoms with Crippen molar-refractivity contribution in [3.8, 4) is 0 Å². The number of thiophene rings is 1. The van der Waals surface area contributed by atoms with Crippen molar-refractivity contribution in [1.82, 2.24) is 15.5 Å². The number of ether oxygens (including phenoxy) is 1. The summed E-state index contributed by atoms with van der Waals surface area (Å²) in [5, 5.41) is 7.82. The highest BCUT2D eigenvalue weighted by Crippen LogP contribution is 2.55. The second-order valence-electron chi connectivity index (χ2n) is 8.70. The number of rotatable bonds is 5. The maximum atomic E-state index is 13.6. The summed E-state index contributed by atoms with van der Waals surface area (Å²) in [6, 6.07) is 3.27. The Labute approximate surface area is 179 Å². The Morgan fingerprint density at radius 3 is 2.77 bits per heavy atom. The molecule has 5 rings (SSSR count). The predicted molar refractivity (Wildman–Crippen MR) is 111 cm³/mol. The standard InChI is InChI=1S/C22H27N3O4S/c1-23-19(26)16-15-9-10-22(29-15)17(16)21(28)25(12-14-8-5-11-30-14)18(22)20(27)24-13-6-3-2-4-7-13/h5,8-11,13,15-18H,2-4,6-7,12H2,1H3,(H,23,26)(H,24,27)/t15-,16-,17+,18+,22-/m1/s1. The Bertz CT molecular complexity index is 879. The van der Waals surface area contributed by atoms with Gasteiger partial charge < -0.3 is 20.3 Å². The van der Waals surface area contributed by atoms with Crippen molar-refractivity contribution in [2.24, 2.45) is 11.8 Å². The topological polar surface area (TPSA) is 87.7 Å². The van der Waals surface area contributed by atoms with E-state index in [0.717, 1.165) is 30.6 Å². The smallest absolute Gasteiger partial charge is 0.246 e. The Kier molecular flexibility index (Phi) is 4.94. The lowest BCUT2D eigenvalue weighted by atomic mass is 9.74. The Morgan fingerprint density at radius 2 is 2.07 bits per heavy atom. The van der Waals surface area contributed by atoms with E-state index in [1.54, 1.807) is 23.3 Å². The maximum Gasteiger partial charge on any atom is 0.246 e. The summed E-state index contributed by atoms with van der Waals surface area (Å²) in [4.78, 5) is 42.4. The van der Waals surface area contributed by atoms with Gasteiger partial charge in [0.05, 0.1) is 24.5 Å². The van der Waals surface area contributed by atoms with Crippen molar-refractivity contribution in [3.05, 3.63) is 34.5 Å². The van der Waals surface area contributed by atoms with Gasteiger partial charge in [-0.25, -0.2) is 0 Å². The molecule has 1 aromatic rings. The molecule has 1 aliphatic carbocycles. The molecule has 2 bridgehead atoms. The first-order chi connectivity index (χ1) is 14.5. The molecule has 3 amide bonds. The van der Waals surface area contributed by atoms with E-state index in [4.69, 9.17) is 4.74 Å². The van der Waals surface area contributed by atoms with Gasteiger partial charge in [0.1, 0.15) is 11.6 Å². The maximum absolute atomic E-state index is 13.6. The number of nitrogens with zero attached hydrogens (tertiary/aromatic N) is 1. The quantitative estimate of drug-likeness (QED) is 0.696. The van der Waals surface area contributed by atoms with Gasteiger partial charge >= 0.3 is 0 Å². The fourth-order valence-electron chi connectivity index (χ4n) is 5.70. The van der Waals surface area contributed by atoms with Crippen LogP contribution in [0.1, 0.15) is 37.0 Å². The number of carbonyl (C=O) groups is 3. The number of fused-ring (bicyclic) bond motifs is 1. The van der Waals surface area contributed by atoms with Crippen LogP contribution in [0.2, 0.25) is 0 Å². The molecule has 2 N–H and O–H groups in total. The fourth-order valence-corrected chi connectivity index (χ4v) is 6.40. The van der Waals surface area contributed by atoms with Crippen LogP contribution in [-0.2, 0) is 25.7 Å². The molecule has 5 atom stereocenters. The van der Waals surface area contributed by atoms with E-state index in [0.29, 0.717) is 6.54 Å². The lowest BCUT2D eigenvalue weighted by molar-refractivity contribution is -0.142. The van der Waals surface area contributed by atoms with Crippen molar-refractivity contribution in [2.45, 2.75) is 62.4 Å². The normalized spacial score (nSPS) is 35.0. The van der Waals surface area contributed by atoms with Gasteiger partial charge in [0.25, 0.3) is 0 Å². The Hall–Kier alpha value is -2.19. The SMILES string of the molecule is CNC(=O)[C@H]1[C@H]2C(=O)N(Cc3cccs3)[C@@H](C(=O)NC3CCCCC3)[C@@]23C=C[C@H]1O3. The molecule has 0 unspecified atom stereocenters. The van der Waals surface area contributed by atoms with Crippen LogP contribution in [0.4, 0.5) is 0 Å². The zero-order valence-corrected chi connectivity index (χ0v) is 17.8. The third-order valence-electron chi connectivity index (χ3n) is 7.03. The molecule has 160 valence electrons. The first-order valence-electron chi connectivity index (χ1n) is 10.8. The average Bonchev–Trinajstić information content (AvgIpc) is 3.51. The van der Waals surface area contributed by atoms with Gasteiger partial charge in [-0.15, -0.1) is 11.3 Å². The fraction of sp³-hybridized carbons (Fsp3) is 0.591. The van der Waals surface area contributed by atoms with Crippen LogP contribution in [0.15, 0.2) is 29.7 Å². The van der Waals surface area contributed by atoms with Crippen molar-refractivity contribution in [3.63, 3.8) is 0 Å². The summed E-state index contributed by atoms with van der Waals surface area (Å²) in [6.07, 6.45) is 8.59. The zero-order chi connectivity index (χ0) is 20.9. The zero-order valence-electron chi connectivity index (χ0n) is 17.0. The number of amides is 3. The third kappa shape index (κ3) is 2.92. The van der Waals surface area contributed by atoms with Crippen molar-refractivity contribution < 1.29 is 19.1 Å². The molecule has 1 spiro atoms. The van der Waals surface area contributed by atoms with Gasteiger partial charge in [0.2, 0.25) is 17.7 Å². The second kappa shape index (κ2) is 7.50. The number of nitrogens with one attached hydrogen (secondary N) is 2. The molecular formula is C22H27N3O4S. The van der Waals surface area contributed by atoms with E-state index in [-0.39, 0.29) is 23.8 Å². The van der Waals surface area contributed by atoms with Crippen LogP contribution in [0, 0.1) is 11.8 Å². The van der Waals surface area contributed by atoms with Crippen LogP contribution in [-0.4, -0.2) is 53.5 Å². The molecule has 3 aliphatic heterocycles. The van der Waals surface area contributed by atoms with Crippen molar-refractivity contribution >= 4 is 29.1 Å². The first kappa shape index (κ1) is 19.8. The van der Waals surface area contributed by atoms with E-state index in [1.165, 1.54) is 6.42 Å². The second-order valence-corrected chi connectivity index (χ2v) is 9.74. The lowest BCUT2D eigenvalue weighted by Gasteiger charge is -2.34. The molecule has 4 aliphatic rings. The minimum atomic E-state index is -1.07. The molecule has 30 heavy (non-hydrogen) atoms. The molecule has 8 heteroatoms. The minimum Gasteiger partial charge on any atom is -0.359 e. The largest absolute Gasteiger partial charge is 0.359 e. The average molecular weight is 430 g/mol. The van der Waals surface area contributed by atoms with Crippen LogP contribution in [0.25, 0.3) is 0 Å². The molecule has 3 fully saturated rings. The number of hydrogen-bond donors (Lipinski definition) is 2. The number of hydrogen-bond acceptors (Lipinski definition) is 5. The van der Waals surface area contributed by atoms with E-state index in [9.17, 15) is 14.4 Å². The number of carbonyl (C=O) groups excluding carboxylic acids is 3. The van der Waals surface area contributed by atoms with Crippen LogP contribution in [0.3, 0.4) is 0 Å². The van der Waals surface area contributed by atoms with Crippen LogP contribution >= 0.6 is 11.3 Å². The monoisotopic (exact) mass is 429 g/mol. The first-order valence-corrected chi connectivity index (χ1v) is 11.6. The van der Waals surface area contributed by atoms with Gasteiger partial charge in [-0.3, -0.25) is 14.4 Å². The predicted octanol–water partition coefficient (Wildman–Crippen LogP) is 1.59. The van der Waals surface area contributed by atoms with Crippen LogP contribution < -0.4 is 10.6 Å². The highest BCUT2D eigenvalue weighted by atomic mass is 32.1. The van der Waals surface area contributed by atoms with Gasteiger partial charge in [-0.05, 0) is 24.3 Å². The van der Waals surface area contributed by atoms with Gasteiger partial charge in [0.15, 0.2) is 0 Å². The van der Waals surface area contributed by atoms with E-state index < -0.39 is 29.6 Å². The third-order valence-corrected chi connectivity index (χ3v) is 7.89. The van der Waals surface area contributed by atoms with E-state index >= 15 is 0 Å².